The zero-order valence-corrected chi connectivity index (χ0v) is 12.9. The largest absolute Gasteiger partial charge is 0.488 e. The first kappa shape index (κ1) is 16.7. The van der Waals surface area contributed by atoms with Crippen molar-refractivity contribution in [1.82, 2.24) is 0 Å². The molecule has 6 heteroatoms. The second-order valence-corrected chi connectivity index (χ2v) is 4.67. The molecule has 1 aliphatic rings. The number of halogens is 1. The van der Waals surface area contributed by atoms with E-state index in [4.69, 9.17) is 14.2 Å². The molecule has 0 amide bonds. The second kappa shape index (κ2) is 7.58. The maximum atomic E-state index is 13.4. The van der Waals surface area contributed by atoms with Gasteiger partial charge in [0, 0.05) is 17.2 Å². The Morgan fingerprint density at radius 1 is 1.26 bits per heavy atom. The van der Waals surface area contributed by atoms with Gasteiger partial charge in [0.05, 0.1) is 18.8 Å². The van der Waals surface area contributed by atoms with Crippen LogP contribution in [0.3, 0.4) is 0 Å². The van der Waals surface area contributed by atoms with Crippen LogP contribution in [-0.4, -0.2) is 31.8 Å². The van der Waals surface area contributed by atoms with E-state index in [2.05, 4.69) is 0 Å². The van der Waals surface area contributed by atoms with Crippen molar-refractivity contribution in [2.75, 3.05) is 19.8 Å². The Hall–Kier alpha value is -2.63. The molecule has 1 aliphatic heterocycles. The molecule has 0 aliphatic carbocycles. The van der Waals surface area contributed by atoms with Crippen LogP contribution in [-0.2, 0) is 19.1 Å². The van der Waals surface area contributed by atoms with E-state index in [-0.39, 0.29) is 25.4 Å². The molecule has 0 unspecified atom stereocenters. The highest BCUT2D eigenvalue weighted by Crippen LogP contribution is 2.29. The van der Waals surface area contributed by atoms with E-state index < -0.39 is 17.8 Å². The monoisotopic (exact) mass is 320 g/mol. The van der Waals surface area contributed by atoms with Gasteiger partial charge in [0.25, 0.3) is 0 Å². The lowest BCUT2D eigenvalue weighted by Gasteiger charge is -2.09. The molecule has 5 nitrogen and oxygen atoms in total. The third kappa shape index (κ3) is 4.18. The van der Waals surface area contributed by atoms with Gasteiger partial charge in [-0.15, -0.1) is 0 Å². The summed E-state index contributed by atoms with van der Waals surface area (Å²) in [5.41, 5.74) is 0.864. The lowest BCUT2D eigenvalue weighted by molar-refractivity contribution is -0.138. The third-order valence-electron chi connectivity index (χ3n) is 3.07. The van der Waals surface area contributed by atoms with Crippen molar-refractivity contribution in [2.24, 2.45) is 0 Å². The Bertz CT molecular complexity index is 676. The molecule has 2 rings (SSSR count). The predicted octanol–water partition coefficient (Wildman–Crippen LogP) is 2.65. The summed E-state index contributed by atoms with van der Waals surface area (Å²) >= 11 is 0. The van der Waals surface area contributed by atoms with E-state index in [0.717, 1.165) is 0 Å². The molecule has 0 aromatic heterocycles. The van der Waals surface area contributed by atoms with Crippen LogP contribution in [0.5, 0.6) is 5.75 Å². The average molecular weight is 320 g/mol. The molecule has 1 aromatic carbocycles. The van der Waals surface area contributed by atoms with Gasteiger partial charge in [-0.2, -0.15) is 0 Å². The smallest absolute Gasteiger partial charge is 0.338 e. The van der Waals surface area contributed by atoms with Gasteiger partial charge in [0.2, 0.25) is 0 Å². The SMILES string of the molecule is CCOC(=O)/C=C1\COc2ccc(F)cc2C=C1C(=O)OCC. The number of fused-ring (bicyclic) bond motifs is 1. The van der Waals surface area contributed by atoms with Crippen LogP contribution < -0.4 is 4.74 Å². The summed E-state index contributed by atoms with van der Waals surface area (Å²) in [6.45, 7) is 3.73. The first-order chi connectivity index (χ1) is 11.0. The molecule has 23 heavy (non-hydrogen) atoms. The Kier molecular flexibility index (Phi) is 5.51. The minimum absolute atomic E-state index is 0.0257. The van der Waals surface area contributed by atoms with Gasteiger partial charge < -0.3 is 14.2 Å². The number of esters is 2. The lowest BCUT2D eigenvalue weighted by atomic mass is 10.0. The summed E-state index contributed by atoms with van der Waals surface area (Å²) in [5, 5.41) is 0. The molecular formula is C17H17FO5. The number of hydrogen-bond acceptors (Lipinski definition) is 5. The van der Waals surface area contributed by atoms with Gasteiger partial charge in [-0.25, -0.2) is 14.0 Å². The van der Waals surface area contributed by atoms with Crippen molar-refractivity contribution in [3.8, 4) is 5.75 Å². The minimum Gasteiger partial charge on any atom is -0.488 e. The first-order valence-electron chi connectivity index (χ1n) is 7.24. The van der Waals surface area contributed by atoms with Crippen molar-refractivity contribution in [2.45, 2.75) is 13.8 Å². The van der Waals surface area contributed by atoms with E-state index in [1.54, 1.807) is 13.8 Å². The summed E-state index contributed by atoms with van der Waals surface area (Å²) in [4.78, 5) is 23.8. The fraction of sp³-hybridized carbons (Fsp3) is 0.294. The second-order valence-electron chi connectivity index (χ2n) is 4.67. The fourth-order valence-electron chi connectivity index (χ4n) is 2.09. The van der Waals surface area contributed by atoms with E-state index >= 15 is 0 Å². The molecule has 122 valence electrons. The lowest BCUT2D eigenvalue weighted by Crippen LogP contribution is -2.14. The molecule has 0 fully saturated rings. The fourth-order valence-corrected chi connectivity index (χ4v) is 2.09. The molecule has 0 saturated heterocycles. The summed E-state index contributed by atoms with van der Waals surface area (Å²) in [7, 11) is 0. The average Bonchev–Trinajstić information content (AvgIpc) is 2.67. The van der Waals surface area contributed by atoms with Gasteiger partial charge in [0.15, 0.2) is 0 Å². The van der Waals surface area contributed by atoms with Crippen molar-refractivity contribution in [3.05, 3.63) is 46.8 Å². The predicted molar refractivity (Wildman–Crippen MR) is 81.2 cm³/mol. The van der Waals surface area contributed by atoms with Crippen LogP contribution in [0.1, 0.15) is 19.4 Å². The van der Waals surface area contributed by atoms with Gasteiger partial charge in [-0.1, -0.05) is 0 Å². The van der Waals surface area contributed by atoms with Gasteiger partial charge in [0.1, 0.15) is 18.2 Å². The van der Waals surface area contributed by atoms with Crippen molar-refractivity contribution in [3.63, 3.8) is 0 Å². The summed E-state index contributed by atoms with van der Waals surface area (Å²) < 4.78 is 28.8. The molecule has 1 aromatic rings. The van der Waals surface area contributed by atoms with Crippen LogP contribution in [0.4, 0.5) is 4.39 Å². The summed E-state index contributed by atoms with van der Waals surface area (Å²) in [5.74, 6) is -1.23. The molecule has 1 heterocycles. The van der Waals surface area contributed by atoms with Crippen LogP contribution in [0.15, 0.2) is 35.4 Å². The number of benzene rings is 1. The highest BCUT2D eigenvalue weighted by molar-refractivity contribution is 6.01. The van der Waals surface area contributed by atoms with Crippen molar-refractivity contribution in [1.29, 1.82) is 0 Å². The topological polar surface area (TPSA) is 61.8 Å². The molecule has 0 bridgehead atoms. The molecule has 0 saturated carbocycles. The zero-order chi connectivity index (χ0) is 16.8. The van der Waals surface area contributed by atoms with Gasteiger partial charge in [-0.3, -0.25) is 0 Å². The summed E-state index contributed by atoms with van der Waals surface area (Å²) in [6.07, 6.45) is 2.64. The molecule has 0 radical (unpaired) electrons. The standard InChI is InChI=1S/C17H17FO5/c1-3-21-16(19)9-12-10-23-15-6-5-13(18)7-11(15)8-14(12)17(20)22-4-2/h5-9H,3-4,10H2,1-2H3/b12-9+. The number of hydrogen-bond donors (Lipinski definition) is 0. The van der Waals surface area contributed by atoms with Crippen LogP contribution in [0.2, 0.25) is 0 Å². The van der Waals surface area contributed by atoms with Crippen LogP contribution >= 0.6 is 0 Å². The molecule has 0 N–H and O–H groups in total. The number of carbonyl (C=O) groups excluding carboxylic acids is 2. The van der Waals surface area contributed by atoms with Gasteiger partial charge >= 0.3 is 11.9 Å². The first-order valence-corrected chi connectivity index (χ1v) is 7.24. The molecule has 0 spiro atoms. The highest BCUT2D eigenvalue weighted by atomic mass is 19.1. The number of rotatable bonds is 4. The Balaban J connectivity index is 2.46. The maximum absolute atomic E-state index is 13.4. The normalized spacial score (nSPS) is 15.1. The minimum atomic E-state index is -0.608. The molecule has 0 atom stereocenters. The Morgan fingerprint density at radius 2 is 2.00 bits per heavy atom. The zero-order valence-electron chi connectivity index (χ0n) is 12.9. The third-order valence-corrected chi connectivity index (χ3v) is 3.07. The maximum Gasteiger partial charge on any atom is 0.338 e. The Labute approximate surface area is 133 Å². The van der Waals surface area contributed by atoms with Crippen molar-refractivity contribution < 1.29 is 28.2 Å². The van der Waals surface area contributed by atoms with Crippen LogP contribution in [0.25, 0.3) is 6.08 Å². The number of ether oxygens (including phenoxy) is 3. The Morgan fingerprint density at radius 3 is 2.70 bits per heavy atom. The van der Waals surface area contributed by atoms with E-state index in [9.17, 15) is 14.0 Å². The van der Waals surface area contributed by atoms with E-state index in [0.29, 0.717) is 16.9 Å². The van der Waals surface area contributed by atoms with Gasteiger partial charge in [-0.05, 0) is 38.1 Å². The number of carbonyl (C=O) groups is 2. The quantitative estimate of drug-likeness (QED) is 0.630. The molecular weight excluding hydrogens is 303 g/mol. The highest BCUT2D eigenvalue weighted by Gasteiger charge is 2.22. The van der Waals surface area contributed by atoms with Crippen LogP contribution in [0, 0.1) is 5.82 Å². The van der Waals surface area contributed by atoms with E-state index in [1.165, 1.54) is 30.4 Å². The van der Waals surface area contributed by atoms with E-state index in [1.807, 2.05) is 0 Å². The van der Waals surface area contributed by atoms with Crippen molar-refractivity contribution >= 4 is 18.0 Å². The summed E-state index contributed by atoms with van der Waals surface area (Å²) in [6, 6.07) is 3.98.